The largest absolute Gasteiger partial charge is 0.350 e. The van der Waals surface area contributed by atoms with Crippen LogP contribution in [0.1, 0.15) is 49.9 Å². The minimum Gasteiger partial charge on any atom is -0.350 e. The van der Waals surface area contributed by atoms with Crippen molar-refractivity contribution in [3.63, 3.8) is 0 Å². The van der Waals surface area contributed by atoms with Gasteiger partial charge < -0.3 is 9.88 Å². The van der Waals surface area contributed by atoms with Crippen molar-refractivity contribution in [1.82, 2.24) is 20.1 Å². The lowest BCUT2D eigenvalue weighted by molar-refractivity contribution is -0.124. The monoisotopic (exact) mass is 396 g/mol. The van der Waals surface area contributed by atoms with Crippen molar-refractivity contribution >= 4 is 17.7 Å². The van der Waals surface area contributed by atoms with Crippen LogP contribution in [0.4, 0.5) is 0 Å². The van der Waals surface area contributed by atoms with Crippen LogP contribution in [0, 0.1) is 24.7 Å². The smallest absolute Gasteiger partial charge is 0.230 e. The van der Waals surface area contributed by atoms with E-state index in [1.807, 2.05) is 25.1 Å². The molecule has 0 unspecified atom stereocenters. The highest BCUT2D eigenvalue weighted by molar-refractivity contribution is 7.99. The Morgan fingerprint density at radius 2 is 1.75 bits per heavy atom. The van der Waals surface area contributed by atoms with Crippen molar-refractivity contribution in [2.45, 2.75) is 62.7 Å². The van der Waals surface area contributed by atoms with Crippen molar-refractivity contribution in [2.75, 3.05) is 5.75 Å². The Morgan fingerprint density at radius 3 is 2.39 bits per heavy atom. The third-order valence-corrected chi connectivity index (χ3v) is 7.83. The summed E-state index contributed by atoms with van der Waals surface area (Å²) in [4.78, 5) is 12.8. The summed E-state index contributed by atoms with van der Waals surface area (Å²) in [5.74, 6) is 3.98. The van der Waals surface area contributed by atoms with Crippen LogP contribution >= 0.6 is 11.8 Å². The standard InChI is InChI=1S/C22H28N4OS/c1-15-24-25-21(26(15)13-16-5-3-2-4-6-16)28-14-20(27)23-22-10-17-7-18(11-22)9-19(8-17)12-22/h2-6,17-19H,7-14H2,1H3,(H,23,27). The highest BCUT2D eigenvalue weighted by atomic mass is 32.2. The van der Waals surface area contributed by atoms with Crippen LogP contribution in [-0.2, 0) is 11.3 Å². The van der Waals surface area contributed by atoms with Crippen LogP contribution in [-0.4, -0.2) is 32.0 Å². The summed E-state index contributed by atoms with van der Waals surface area (Å²) in [5, 5.41) is 12.8. The number of rotatable bonds is 6. The van der Waals surface area contributed by atoms with Gasteiger partial charge in [-0.05, 0) is 68.8 Å². The molecule has 1 heterocycles. The Morgan fingerprint density at radius 1 is 1.11 bits per heavy atom. The number of amides is 1. The number of thioether (sulfide) groups is 1. The first-order chi connectivity index (χ1) is 13.6. The second-order valence-electron chi connectivity index (χ2n) is 9.14. The van der Waals surface area contributed by atoms with Gasteiger partial charge in [-0.15, -0.1) is 10.2 Å². The fourth-order valence-corrected chi connectivity index (χ4v) is 6.93. The molecule has 0 atom stereocenters. The number of aromatic nitrogens is 3. The van der Waals surface area contributed by atoms with E-state index in [0.29, 0.717) is 5.75 Å². The number of benzene rings is 1. The summed E-state index contributed by atoms with van der Waals surface area (Å²) < 4.78 is 2.10. The molecule has 1 aromatic carbocycles. The summed E-state index contributed by atoms with van der Waals surface area (Å²) in [6.07, 6.45) is 7.76. The highest BCUT2D eigenvalue weighted by Gasteiger charge is 2.51. The van der Waals surface area contributed by atoms with Gasteiger partial charge in [0.1, 0.15) is 5.82 Å². The van der Waals surface area contributed by atoms with Crippen LogP contribution in [0.15, 0.2) is 35.5 Å². The molecule has 4 aliphatic carbocycles. The minimum atomic E-state index is 0.0834. The maximum Gasteiger partial charge on any atom is 0.230 e. The van der Waals surface area contributed by atoms with Gasteiger partial charge in [0, 0.05) is 5.54 Å². The predicted molar refractivity (Wildman–Crippen MR) is 110 cm³/mol. The first-order valence-electron chi connectivity index (χ1n) is 10.5. The molecule has 0 saturated heterocycles. The second kappa shape index (κ2) is 7.21. The van der Waals surface area contributed by atoms with E-state index in [-0.39, 0.29) is 11.4 Å². The summed E-state index contributed by atoms with van der Waals surface area (Å²) in [7, 11) is 0. The molecule has 4 saturated carbocycles. The van der Waals surface area contributed by atoms with Gasteiger partial charge in [-0.3, -0.25) is 4.79 Å². The normalized spacial score (nSPS) is 30.5. The van der Waals surface area contributed by atoms with E-state index >= 15 is 0 Å². The van der Waals surface area contributed by atoms with Crippen molar-refractivity contribution in [1.29, 1.82) is 0 Å². The van der Waals surface area contributed by atoms with E-state index in [0.717, 1.165) is 35.3 Å². The van der Waals surface area contributed by atoms with Crippen molar-refractivity contribution < 1.29 is 4.79 Å². The summed E-state index contributed by atoms with van der Waals surface area (Å²) in [5.41, 5.74) is 1.30. The molecule has 2 aromatic rings. The third-order valence-electron chi connectivity index (χ3n) is 6.86. The van der Waals surface area contributed by atoms with Gasteiger partial charge in [-0.1, -0.05) is 42.1 Å². The number of hydrogen-bond acceptors (Lipinski definition) is 4. The van der Waals surface area contributed by atoms with E-state index in [9.17, 15) is 4.79 Å². The molecule has 1 amide bonds. The molecule has 6 rings (SSSR count). The van der Waals surface area contributed by atoms with Crippen molar-refractivity contribution in [2.24, 2.45) is 17.8 Å². The quantitative estimate of drug-likeness (QED) is 0.754. The SMILES string of the molecule is Cc1nnc(SCC(=O)NC23CC4CC(CC(C4)C2)C3)n1Cc1ccccc1. The van der Waals surface area contributed by atoms with Crippen molar-refractivity contribution in [3.8, 4) is 0 Å². The van der Waals surface area contributed by atoms with Crippen LogP contribution in [0.2, 0.25) is 0 Å². The molecule has 5 nitrogen and oxygen atoms in total. The lowest BCUT2D eigenvalue weighted by Gasteiger charge is -2.56. The average molecular weight is 397 g/mol. The molecule has 1 N–H and O–H groups in total. The summed E-state index contributed by atoms with van der Waals surface area (Å²) >= 11 is 1.50. The molecule has 1 aromatic heterocycles. The molecular weight excluding hydrogens is 368 g/mol. The molecule has 0 aliphatic heterocycles. The van der Waals surface area contributed by atoms with Crippen LogP contribution in [0.5, 0.6) is 0 Å². The lowest BCUT2D eigenvalue weighted by atomic mass is 9.53. The Balaban J connectivity index is 1.22. The molecular formula is C22H28N4OS. The zero-order valence-corrected chi connectivity index (χ0v) is 17.3. The number of carbonyl (C=O) groups excluding carboxylic acids is 1. The molecule has 28 heavy (non-hydrogen) atoms. The number of aryl methyl sites for hydroxylation is 1. The fourth-order valence-electron chi connectivity index (χ4n) is 6.14. The van der Waals surface area contributed by atoms with Gasteiger partial charge in [-0.2, -0.15) is 0 Å². The Kier molecular flexibility index (Phi) is 4.69. The van der Waals surface area contributed by atoms with Gasteiger partial charge >= 0.3 is 0 Å². The Bertz CT molecular complexity index is 827. The second-order valence-corrected chi connectivity index (χ2v) is 10.1. The van der Waals surface area contributed by atoms with Gasteiger partial charge in [0.15, 0.2) is 5.16 Å². The summed E-state index contributed by atoms with van der Waals surface area (Å²) in [6.45, 7) is 2.70. The number of nitrogens with one attached hydrogen (secondary N) is 1. The number of carbonyl (C=O) groups is 1. The van der Waals surface area contributed by atoms with E-state index in [1.165, 1.54) is 55.9 Å². The molecule has 4 fully saturated rings. The van der Waals surface area contributed by atoms with Crippen LogP contribution < -0.4 is 5.32 Å². The Hall–Kier alpha value is -1.82. The molecule has 4 bridgehead atoms. The van der Waals surface area contributed by atoms with Gasteiger partial charge in [0.25, 0.3) is 0 Å². The Labute approximate surface area is 170 Å². The number of hydrogen-bond donors (Lipinski definition) is 1. The van der Waals surface area contributed by atoms with E-state index in [2.05, 4.69) is 32.2 Å². The van der Waals surface area contributed by atoms with Crippen LogP contribution in [0.3, 0.4) is 0 Å². The average Bonchev–Trinajstić information content (AvgIpc) is 2.99. The minimum absolute atomic E-state index is 0.0834. The van der Waals surface area contributed by atoms with Crippen LogP contribution in [0.25, 0.3) is 0 Å². The highest BCUT2D eigenvalue weighted by Crippen LogP contribution is 2.55. The zero-order chi connectivity index (χ0) is 19.1. The molecule has 148 valence electrons. The third kappa shape index (κ3) is 3.59. The van der Waals surface area contributed by atoms with E-state index in [1.54, 1.807) is 0 Å². The fraction of sp³-hybridized carbons (Fsp3) is 0.591. The topological polar surface area (TPSA) is 59.8 Å². The maximum atomic E-state index is 12.8. The van der Waals surface area contributed by atoms with E-state index in [4.69, 9.17) is 0 Å². The molecule has 0 radical (unpaired) electrons. The van der Waals surface area contributed by atoms with Crippen molar-refractivity contribution in [3.05, 3.63) is 41.7 Å². The predicted octanol–water partition coefficient (Wildman–Crippen LogP) is 3.81. The maximum absolute atomic E-state index is 12.8. The van der Waals surface area contributed by atoms with Gasteiger partial charge in [-0.25, -0.2) is 0 Å². The van der Waals surface area contributed by atoms with Gasteiger partial charge in [0.2, 0.25) is 5.91 Å². The molecule has 6 heteroatoms. The van der Waals surface area contributed by atoms with Gasteiger partial charge in [0.05, 0.1) is 12.3 Å². The lowest BCUT2D eigenvalue weighted by Crippen LogP contribution is -2.60. The first kappa shape index (κ1) is 18.2. The number of nitrogens with zero attached hydrogens (tertiary/aromatic N) is 3. The molecule has 0 spiro atoms. The first-order valence-corrected chi connectivity index (χ1v) is 11.4. The molecule has 4 aliphatic rings. The van der Waals surface area contributed by atoms with E-state index < -0.39 is 0 Å². The zero-order valence-electron chi connectivity index (χ0n) is 16.4. The summed E-state index contributed by atoms with van der Waals surface area (Å²) in [6, 6.07) is 10.3.